The van der Waals surface area contributed by atoms with E-state index in [2.05, 4.69) is 22.0 Å². The Bertz CT molecular complexity index is 776. The zero-order chi connectivity index (χ0) is 17.4. The number of aromatic nitrogens is 1. The zero-order valence-corrected chi connectivity index (χ0v) is 15.1. The third kappa shape index (κ3) is 3.21. The number of hydrogen-bond donors (Lipinski definition) is 1. The van der Waals surface area contributed by atoms with Crippen molar-refractivity contribution in [2.75, 3.05) is 19.7 Å². The minimum Gasteiger partial charge on any atom is -0.477 e. The number of rotatable bonds is 3. The molecule has 0 amide bonds. The summed E-state index contributed by atoms with van der Waals surface area (Å²) in [5.41, 5.74) is 3.09. The second kappa shape index (κ2) is 6.52. The molecule has 0 radical (unpaired) electrons. The smallest absolute Gasteiger partial charge is 0.345 e. The van der Waals surface area contributed by atoms with Crippen molar-refractivity contribution in [2.45, 2.75) is 38.3 Å². The van der Waals surface area contributed by atoms with Crippen molar-refractivity contribution in [3.63, 3.8) is 0 Å². The number of carboxylic acid groups (broad SMARTS) is 1. The average Bonchev–Trinajstić information content (AvgIpc) is 3.05. The van der Waals surface area contributed by atoms with E-state index in [0.29, 0.717) is 11.5 Å². The molecule has 1 spiro atoms. The van der Waals surface area contributed by atoms with Crippen molar-refractivity contribution in [2.24, 2.45) is 0 Å². The minimum atomic E-state index is -0.836. The Morgan fingerprint density at radius 3 is 2.88 bits per heavy atom. The fourth-order valence-corrected chi connectivity index (χ4v) is 4.90. The molecule has 4 heterocycles. The number of hydrogen-bond acceptors (Lipinski definition) is 5. The molecule has 0 atom stereocenters. The van der Waals surface area contributed by atoms with E-state index in [-0.39, 0.29) is 5.60 Å². The van der Waals surface area contributed by atoms with Crippen LogP contribution in [-0.2, 0) is 23.3 Å². The largest absolute Gasteiger partial charge is 0.477 e. The molecule has 2 aromatic heterocycles. The predicted molar refractivity (Wildman–Crippen MR) is 96.1 cm³/mol. The van der Waals surface area contributed by atoms with Crippen LogP contribution in [0.2, 0.25) is 0 Å². The number of fused-ring (bicyclic) bond motifs is 2. The molecule has 0 aliphatic carbocycles. The first-order chi connectivity index (χ1) is 12.1. The molecule has 6 heteroatoms. The minimum absolute atomic E-state index is 0.297. The first-order valence-electron chi connectivity index (χ1n) is 8.70. The number of thiophene rings is 1. The van der Waals surface area contributed by atoms with Gasteiger partial charge in [0.25, 0.3) is 0 Å². The molecule has 132 valence electrons. The SMILES string of the molecule is Cc1ccc(CN2CCC3(CC2)OCCc2sc(C(=O)O)cc23)nc1. The van der Waals surface area contributed by atoms with Gasteiger partial charge in [-0.2, -0.15) is 0 Å². The van der Waals surface area contributed by atoms with E-state index in [1.165, 1.54) is 21.8 Å². The first-order valence-corrected chi connectivity index (χ1v) is 9.52. The van der Waals surface area contributed by atoms with Crippen molar-refractivity contribution >= 4 is 17.3 Å². The van der Waals surface area contributed by atoms with Gasteiger partial charge < -0.3 is 9.84 Å². The molecule has 0 bridgehead atoms. The molecule has 1 N–H and O–H groups in total. The van der Waals surface area contributed by atoms with Crippen molar-refractivity contribution < 1.29 is 14.6 Å². The average molecular weight is 358 g/mol. The highest BCUT2D eigenvalue weighted by atomic mass is 32.1. The highest BCUT2D eigenvalue weighted by Crippen LogP contribution is 2.44. The lowest BCUT2D eigenvalue weighted by Crippen LogP contribution is -2.46. The van der Waals surface area contributed by atoms with Gasteiger partial charge in [-0.15, -0.1) is 11.3 Å². The molecule has 0 saturated carbocycles. The Hall–Kier alpha value is -1.76. The lowest BCUT2D eigenvalue weighted by molar-refractivity contribution is -0.0982. The summed E-state index contributed by atoms with van der Waals surface area (Å²) in [4.78, 5) is 19.9. The number of aromatic carboxylic acids is 1. The van der Waals surface area contributed by atoms with Gasteiger partial charge in [-0.3, -0.25) is 9.88 Å². The topological polar surface area (TPSA) is 62.7 Å². The van der Waals surface area contributed by atoms with Gasteiger partial charge in [-0.1, -0.05) is 6.07 Å². The van der Waals surface area contributed by atoms with Crippen LogP contribution in [0.25, 0.3) is 0 Å². The monoisotopic (exact) mass is 358 g/mol. The Balaban J connectivity index is 1.48. The fraction of sp³-hybridized carbons (Fsp3) is 0.474. The Morgan fingerprint density at radius 1 is 1.40 bits per heavy atom. The van der Waals surface area contributed by atoms with Gasteiger partial charge in [0.2, 0.25) is 0 Å². The van der Waals surface area contributed by atoms with Crippen LogP contribution in [0.4, 0.5) is 0 Å². The number of nitrogens with zero attached hydrogens (tertiary/aromatic N) is 2. The fourth-order valence-electron chi connectivity index (χ4n) is 3.83. The zero-order valence-electron chi connectivity index (χ0n) is 14.3. The predicted octanol–water partition coefficient (Wildman–Crippen LogP) is 3.21. The number of piperidine rings is 1. The Labute approximate surface area is 151 Å². The highest BCUT2D eigenvalue weighted by molar-refractivity contribution is 7.14. The summed E-state index contributed by atoms with van der Waals surface area (Å²) in [6, 6.07) is 6.04. The number of likely N-dealkylation sites (tertiary alicyclic amines) is 1. The van der Waals surface area contributed by atoms with Crippen molar-refractivity contribution in [3.05, 3.63) is 51.0 Å². The molecule has 5 nitrogen and oxygen atoms in total. The van der Waals surface area contributed by atoms with Crippen LogP contribution >= 0.6 is 11.3 Å². The lowest BCUT2D eigenvalue weighted by atomic mass is 9.82. The molecule has 1 saturated heterocycles. The molecular formula is C19H22N2O3S. The maximum absolute atomic E-state index is 11.3. The normalized spacial score (nSPS) is 19.7. The highest BCUT2D eigenvalue weighted by Gasteiger charge is 2.42. The maximum Gasteiger partial charge on any atom is 0.345 e. The second-order valence-electron chi connectivity index (χ2n) is 6.95. The summed E-state index contributed by atoms with van der Waals surface area (Å²) in [7, 11) is 0. The van der Waals surface area contributed by atoms with E-state index in [1.807, 2.05) is 19.2 Å². The van der Waals surface area contributed by atoms with E-state index in [4.69, 9.17) is 4.74 Å². The Kier molecular flexibility index (Phi) is 4.35. The molecule has 0 unspecified atom stereocenters. The standard InChI is InChI=1S/C19H22N2O3S/c1-13-2-3-14(20-11-13)12-21-7-5-19(6-8-21)15-10-17(18(22)23)25-16(15)4-9-24-19/h2-3,10-11H,4-9,12H2,1H3,(H,22,23). The number of ether oxygens (including phenoxy) is 1. The van der Waals surface area contributed by atoms with Crippen molar-refractivity contribution in [3.8, 4) is 0 Å². The van der Waals surface area contributed by atoms with Crippen LogP contribution in [-0.4, -0.2) is 40.7 Å². The summed E-state index contributed by atoms with van der Waals surface area (Å²) in [6.07, 6.45) is 4.55. The maximum atomic E-state index is 11.3. The summed E-state index contributed by atoms with van der Waals surface area (Å²) < 4.78 is 6.21. The van der Waals surface area contributed by atoms with Gasteiger partial charge >= 0.3 is 5.97 Å². The Morgan fingerprint density at radius 2 is 2.20 bits per heavy atom. The van der Waals surface area contributed by atoms with E-state index in [9.17, 15) is 9.90 Å². The lowest BCUT2D eigenvalue weighted by Gasteiger charge is -2.44. The quantitative estimate of drug-likeness (QED) is 0.913. The van der Waals surface area contributed by atoms with E-state index < -0.39 is 5.97 Å². The molecular weight excluding hydrogens is 336 g/mol. The number of carbonyl (C=O) groups is 1. The van der Waals surface area contributed by atoms with Crippen molar-refractivity contribution in [1.82, 2.24) is 9.88 Å². The van der Waals surface area contributed by atoms with Crippen LogP contribution in [0.5, 0.6) is 0 Å². The summed E-state index contributed by atoms with van der Waals surface area (Å²) in [6.45, 7) is 5.46. The van der Waals surface area contributed by atoms with Crippen molar-refractivity contribution in [1.29, 1.82) is 0 Å². The molecule has 2 aliphatic rings. The molecule has 4 rings (SSSR count). The van der Waals surface area contributed by atoms with E-state index in [0.717, 1.165) is 50.2 Å². The van der Waals surface area contributed by atoms with E-state index >= 15 is 0 Å². The molecule has 2 aromatic rings. The van der Waals surface area contributed by atoms with Gasteiger partial charge in [0.1, 0.15) is 4.88 Å². The number of carboxylic acids is 1. The first kappa shape index (κ1) is 16.7. The van der Waals surface area contributed by atoms with E-state index in [1.54, 1.807) is 0 Å². The molecule has 2 aliphatic heterocycles. The molecule has 0 aromatic carbocycles. The number of aryl methyl sites for hydroxylation is 1. The molecule has 25 heavy (non-hydrogen) atoms. The van der Waals surface area contributed by atoms with Crippen LogP contribution in [0.3, 0.4) is 0 Å². The van der Waals surface area contributed by atoms with Gasteiger partial charge in [0, 0.05) is 37.1 Å². The third-order valence-electron chi connectivity index (χ3n) is 5.24. The summed E-state index contributed by atoms with van der Waals surface area (Å²) >= 11 is 1.41. The van der Waals surface area contributed by atoms with Gasteiger partial charge in [0.05, 0.1) is 17.9 Å². The summed E-state index contributed by atoms with van der Waals surface area (Å²) in [5.74, 6) is -0.836. The van der Waals surface area contributed by atoms with Gasteiger partial charge in [-0.05, 0) is 43.0 Å². The second-order valence-corrected chi connectivity index (χ2v) is 8.09. The van der Waals surface area contributed by atoms with Crippen LogP contribution in [0.1, 0.15) is 44.2 Å². The van der Waals surface area contributed by atoms with Gasteiger partial charge in [-0.25, -0.2) is 4.79 Å². The van der Waals surface area contributed by atoms with Crippen LogP contribution < -0.4 is 0 Å². The summed E-state index contributed by atoms with van der Waals surface area (Å²) in [5, 5.41) is 9.30. The van der Waals surface area contributed by atoms with Crippen LogP contribution in [0.15, 0.2) is 24.4 Å². The van der Waals surface area contributed by atoms with Crippen LogP contribution in [0, 0.1) is 6.92 Å². The van der Waals surface area contributed by atoms with Gasteiger partial charge in [0.15, 0.2) is 0 Å². The number of pyridine rings is 1. The third-order valence-corrected chi connectivity index (χ3v) is 6.42. The molecule has 1 fully saturated rings.